The van der Waals surface area contributed by atoms with E-state index in [2.05, 4.69) is 127 Å². The van der Waals surface area contributed by atoms with E-state index in [0.717, 1.165) is 113 Å². The van der Waals surface area contributed by atoms with E-state index < -0.39 is 0 Å². The Balaban J connectivity index is 0.000000134. The summed E-state index contributed by atoms with van der Waals surface area (Å²) in [5, 5.41) is 58.7. The van der Waals surface area contributed by atoms with Gasteiger partial charge in [-0.15, -0.1) is 25.7 Å². The first-order valence-corrected chi connectivity index (χ1v) is 48.1. The molecule has 20 rings (SSSR count). The van der Waals surface area contributed by atoms with Crippen LogP contribution in [0.5, 0.6) is 23.0 Å². The van der Waals surface area contributed by atoms with Gasteiger partial charge in [-0.1, -0.05) is 13.8 Å². The number of carbonyl (C=O) groups is 7. The van der Waals surface area contributed by atoms with Gasteiger partial charge in [-0.2, -0.15) is 41.4 Å². The highest BCUT2D eigenvalue weighted by Gasteiger charge is 2.42. The standard InChI is InChI=1S/C28H31N7O3.C27H27N7O3.C26H25N7O3.C25H24N8O3/c1-4-26(36)34-9-7-33(8-10-34)25-6-5-21(15-30-25)24-13-23(17-35-27(24)22(14-29)16-31-35)38-20-28(2)18-32(19-28)11-12-37-3;1-4-25(36)32-9-7-31(8-10-32)24-6-5-20(13-29-24)23-11-22(15-34-26(23)21(12-28)14-30-34)37-18-27(3)16-33(17-27)19(2)35;1-2-24(34)32-10-8-30(9-11-32)23-6-5-19(16-28-23)22-14-21(18-33-26(22)20(15-27)17-29-33)36-13-12-31-7-3-4-25(31)35;1-2-24(35)32-7-5-31(6-8-32)22-4-3-18(13-27-22)21-11-20(15-33-25(21)19(12-26)14-29-33)36-10-9-30-16-23(34)28-17-30/h1,5-6,13,15-17H,7-12,18-20H2,2-3H3;1,5-6,11,13-15H,7-10,16-18H2,2-3H3;1,5-6,14,16-18H,3-4,7-13H2;1,3-4,11,13-15H,5-10,16-17H2,(H,28,34). The van der Waals surface area contributed by atoms with E-state index in [-0.39, 0.29) is 52.2 Å². The third-order valence-electron chi connectivity index (χ3n) is 27.1. The van der Waals surface area contributed by atoms with Gasteiger partial charge < -0.3 is 78.0 Å². The molecule has 0 atom stereocenters. The molecule has 12 aromatic rings. The van der Waals surface area contributed by atoms with Crippen molar-refractivity contribution in [2.24, 2.45) is 10.8 Å². The summed E-state index contributed by atoms with van der Waals surface area (Å²) in [4.78, 5) is 123. The third kappa shape index (κ3) is 23.1. The zero-order chi connectivity index (χ0) is 103. The van der Waals surface area contributed by atoms with Crippen molar-refractivity contribution in [1.29, 1.82) is 21.0 Å². The minimum atomic E-state index is -0.288. The normalized spacial score (nSPS) is 16.4. The monoisotopic (exact) mass is 1980 g/mol. The molecule has 748 valence electrons. The first-order chi connectivity index (χ1) is 71.3. The van der Waals surface area contributed by atoms with E-state index >= 15 is 0 Å². The largest absolute Gasteiger partial charge is 0.491 e. The van der Waals surface area contributed by atoms with Crippen LogP contribution in [0.25, 0.3) is 66.6 Å². The first-order valence-electron chi connectivity index (χ1n) is 48.1. The SMILES string of the molecule is C#CC(=O)N1CCN(c2ccc(-c3cc(OCC4(C)CN(C(C)=O)C4)cn4ncc(C#N)c34)cn2)CC1.C#CC(=O)N1CCN(c2ccc(-c3cc(OCC4(C)CN(CCOC)C4)cn4ncc(C#N)c34)cn2)CC1.C#CC(=O)N1CCN(c2ccc(-c3cc(OCCN4CCCC4=O)cn4ncc(C#N)c34)cn2)CC1.C#CC(=O)N1CCN(c2ccc(-c3cc(OCCN4CNC(=O)C4)cn4ncc(C#N)c34)cn2)CC1. The van der Waals surface area contributed by atoms with Crippen LogP contribution in [0.3, 0.4) is 0 Å². The molecule has 20 heterocycles. The third-order valence-corrected chi connectivity index (χ3v) is 27.1. The maximum Gasteiger partial charge on any atom is 0.298 e. The summed E-state index contributed by atoms with van der Waals surface area (Å²) in [5.41, 5.74) is 11.1. The summed E-state index contributed by atoms with van der Waals surface area (Å²) in [7, 11) is 1.72. The van der Waals surface area contributed by atoms with Gasteiger partial charge in [0, 0.05) is 251 Å². The van der Waals surface area contributed by atoms with Gasteiger partial charge in [0.15, 0.2) is 0 Å². The van der Waals surface area contributed by atoms with Crippen LogP contribution in [-0.2, 0) is 38.3 Å². The maximum atomic E-state index is 11.9. The molecular formula is C106H107N29O12. The number of hydrogen-bond donors (Lipinski definition) is 1. The van der Waals surface area contributed by atoms with Crippen molar-refractivity contribution >= 4 is 86.7 Å². The number of nitrogens with one attached hydrogen (secondary N) is 1. The number of aromatic nitrogens is 12. The molecule has 0 radical (unpaired) electrons. The molecule has 0 aliphatic carbocycles. The Hall–Kier alpha value is -17.9. The molecule has 41 nitrogen and oxygen atoms in total. The van der Waals surface area contributed by atoms with E-state index in [1.165, 1.54) is 12.4 Å². The van der Waals surface area contributed by atoms with E-state index in [9.17, 15) is 54.6 Å². The van der Waals surface area contributed by atoms with Crippen molar-refractivity contribution in [1.82, 2.24) is 103 Å². The lowest BCUT2D eigenvalue weighted by molar-refractivity contribution is -0.141. The van der Waals surface area contributed by atoms with Crippen LogP contribution in [-0.4, -0.2) is 349 Å². The van der Waals surface area contributed by atoms with Crippen molar-refractivity contribution < 1.29 is 57.2 Å². The van der Waals surface area contributed by atoms with Gasteiger partial charge in [0.05, 0.1) is 133 Å². The van der Waals surface area contributed by atoms with Crippen LogP contribution in [0.1, 0.15) is 55.9 Å². The summed E-state index contributed by atoms with van der Waals surface area (Å²) in [5.74, 6) is 13.5. The number of pyridine rings is 8. The maximum absolute atomic E-state index is 11.9. The number of nitriles is 4. The Bertz CT molecular complexity index is 7300. The molecular weight excluding hydrogens is 1870 g/mol. The molecule has 8 fully saturated rings. The fourth-order valence-corrected chi connectivity index (χ4v) is 19.1. The number of piperazine rings is 4. The highest BCUT2D eigenvalue weighted by molar-refractivity contribution is 5.96. The number of fused-ring (bicyclic) bond motifs is 4. The van der Waals surface area contributed by atoms with Crippen molar-refractivity contribution in [2.45, 2.75) is 33.6 Å². The molecule has 0 bridgehead atoms. The Morgan fingerprint density at radius 1 is 0.395 bits per heavy atom. The van der Waals surface area contributed by atoms with Crippen molar-refractivity contribution in [3.63, 3.8) is 0 Å². The number of terminal acetylenes is 4. The minimum Gasteiger partial charge on any atom is -0.491 e. The van der Waals surface area contributed by atoms with Gasteiger partial charge >= 0.3 is 0 Å². The predicted molar refractivity (Wildman–Crippen MR) is 542 cm³/mol. The molecule has 7 amide bonds. The average molecular weight is 1980 g/mol. The highest BCUT2D eigenvalue weighted by Crippen LogP contribution is 2.40. The topological polar surface area (TPSA) is 432 Å². The molecule has 8 saturated heterocycles. The van der Waals surface area contributed by atoms with Crippen molar-refractivity contribution in [2.75, 3.05) is 230 Å². The van der Waals surface area contributed by atoms with E-state index in [0.29, 0.717) is 239 Å². The van der Waals surface area contributed by atoms with Gasteiger partial charge in [-0.05, 0) is 103 Å². The number of likely N-dealkylation sites (tertiary alicyclic amines) is 3. The number of methoxy groups -OCH3 is 1. The van der Waals surface area contributed by atoms with Gasteiger partial charge in [-0.25, -0.2) is 38.0 Å². The predicted octanol–water partition coefficient (Wildman–Crippen LogP) is 5.56. The number of hydrogen-bond acceptors (Lipinski definition) is 30. The smallest absolute Gasteiger partial charge is 0.298 e. The number of carbonyl (C=O) groups excluding carboxylic acids is 7. The fourth-order valence-electron chi connectivity index (χ4n) is 19.1. The summed E-state index contributed by atoms with van der Waals surface area (Å²) in [6, 6.07) is 32.1. The summed E-state index contributed by atoms with van der Waals surface area (Å²) in [6.07, 6.45) is 42.8. The van der Waals surface area contributed by atoms with Crippen LogP contribution in [0, 0.1) is 106 Å². The van der Waals surface area contributed by atoms with Crippen LogP contribution in [0.15, 0.2) is 147 Å². The molecule has 0 unspecified atom stereocenters. The Kier molecular flexibility index (Phi) is 30.9. The molecule has 12 aromatic heterocycles. The lowest BCUT2D eigenvalue weighted by Gasteiger charge is -2.47. The Morgan fingerprint density at radius 3 is 0.980 bits per heavy atom. The molecule has 0 saturated carbocycles. The zero-order valence-electron chi connectivity index (χ0n) is 81.9. The van der Waals surface area contributed by atoms with E-state index in [1.807, 2.05) is 95.0 Å². The van der Waals surface area contributed by atoms with Crippen molar-refractivity contribution in [3.05, 3.63) is 169 Å². The lowest BCUT2D eigenvalue weighted by atomic mass is 9.83. The molecule has 8 aliphatic rings. The zero-order valence-corrected chi connectivity index (χ0v) is 81.9. The molecule has 41 heteroatoms. The second-order valence-corrected chi connectivity index (χ2v) is 37.3. The van der Waals surface area contributed by atoms with Crippen LogP contribution >= 0.6 is 0 Å². The van der Waals surface area contributed by atoms with E-state index in [4.69, 9.17) is 54.4 Å². The Labute approximate surface area is 848 Å². The fraction of sp³-hybridized carbons (Fsp3) is 0.368. The highest BCUT2D eigenvalue weighted by atomic mass is 16.5. The minimum absolute atomic E-state index is 0.0122. The number of anilines is 4. The molecule has 0 aromatic carbocycles. The quantitative estimate of drug-likeness (QED) is 0.0684. The molecule has 8 aliphatic heterocycles. The van der Waals surface area contributed by atoms with Gasteiger partial charge in [-0.3, -0.25) is 43.4 Å². The van der Waals surface area contributed by atoms with Crippen LogP contribution < -0.4 is 43.9 Å². The first kappa shape index (κ1) is 101. The van der Waals surface area contributed by atoms with Gasteiger partial charge in [0.2, 0.25) is 17.7 Å². The molecule has 147 heavy (non-hydrogen) atoms. The number of rotatable bonds is 25. The van der Waals surface area contributed by atoms with Crippen LogP contribution in [0.2, 0.25) is 0 Å². The Morgan fingerprint density at radius 2 is 0.707 bits per heavy atom. The lowest BCUT2D eigenvalue weighted by Crippen LogP contribution is -2.58. The second kappa shape index (κ2) is 45.2. The average Bonchev–Trinajstić information content (AvgIpc) is 1.66. The summed E-state index contributed by atoms with van der Waals surface area (Å²) >= 11 is 0. The summed E-state index contributed by atoms with van der Waals surface area (Å²) in [6.45, 7) is 25.0. The number of nitrogens with zero attached hydrogens (tertiary/aromatic N) is 28. The van der Waals surface area contributed by atoms with Crippen molar-refractivity contribution in [3.8, 4) is 141 Å². The molecule has 1 N–H and O–H groups in total. The van der Waals surface area contributed by atoms with Gasteiger partial charge in [0.25, 0.3) is 23.6 Å². The van der Waals surface area contributed by atoms with Gasteiger partial charge in [0.1, 0.15) is 83.8 Å². The van der Waals surface area contributed by atoms with Crippen LogP contribution in [0.4, 0.5) is 23.3 Å². The summed E-state index contributed by atoms with van der Waals surface area (Å²) < 4.78 is 36.2. The second-order valence-electron chi connectivity index (χ2n) is 37.3. The number of amides is 7. The number of ether oxygens (including phenoxy) is 5. The molecule has 0 spiro atoms. The van der Waals surface area contributed by atoms with E-state index in [1.54, 1.807) is 106 Å².